The third-order valence-corrected chi connectivity index (χ3v) is 1.22. The molecule has 0 aromatic heterocycles. The van der Waals surface area contributed by atoms with Gasteiger partial charge in [-0.25, -0.2) is 0 Å². The van der Waals surface area contributed by atoms with Gasteiger partial charge in [-0.3, -0.25) is 4.57 Å². The normalized spacial score (nSPS) is 16.6. The first-order valence-corrected chi connectivity index (χ1v) is 4.43. The SMILES string of the molecule is CC(C)OP(C)(=O)O.[Ce]. The van der Waals surface area contributed by atoms with Crippen LogP contribution in [0.15, 0.2) is 0 Å². The molecule has 1 unspecified atom stereocenters. The van der Waals surface area contributed by atoms with Gasteiger partial charge in [-0.05, 0) is 13.8 Å². The molecule has 0 aliphatic rings. The fraction of sp³-hybridized carbons (Fsp3) is 1.00. The summed E-state index contributed by atoms with van der Waals surface area (Å²) >= 11 is 0. The summed E-state index contributed by atoms with van der Waals surface area (Å²) in [7, 11) is -3.22. The van der Waals surface area contributed by atoms with E-state index < -0.39 is 7.60 Å². The van der Waals surface area contributed by atoms with Crippen LogP contribution in [0.5, 0.6) is 0 Å². The zero-order valence-corrected chi connectivity index (χ0v) is 9.82. The Bertz CT molecular complexity index is 108. The summed E-state index contributed by atoms with van der Waals surface area (Å²) in [6.45, 7) is 4.60. The summed E-state index contributed by atoms with van der Waals surface area (Å²) in [6, 6.07) is 0. The second-order valence-corrected chi connectivity index (χ2v) is 3.77. The minimum absolute atomic E-state index is 0. The van der Waals surface area contributed by atoms with Crippen molar-refractivity contribution in [2.75, 3.05) is 6.66 Å². The van der Waals surface area contributed by atoms with E-state index in [2.05, 4.69) is 4.52 Å². The van der Waals surface area contributed by atoms with E-state index in [4.69, 9.17) is 4.89 Å². The van der Waals surface area contributed by atoms with Gasteiger partial charge in [-0.1, -0.05) is 0 Å². The molecule has 0 aliphatic carbocycles. The molecule has 1 atom stereocenters. The van der Waals surface area contributed by atoms with E-state index >= 15 is 0 Å². The molecule has 3 nitrogen and oxygen atoms in total. The minimum atomic E-state index is -3.22. The maximum atomic E-state index is 10.4. The summed E-state index contributed by atoms with van der Waals surface area (Å²) in [4.78, 5) is 8.52. The molecule has 0 amide bonds. The Morgan fingerprint density at radius 3 is 1.89 bits per heavy atom. The molecule has 0 radical (unpaired) electrons. The van der Waals surface area contributed by atoms with Crippen LogP contribution in [0.3, 0.4) is 0 Å². The van der Waals surface area contributed by atoms with Crippen molar-refractivity contribution in [3.05, 3.63) is 0 Å². The minimum Gasteiger partial charge on any atom is -0.324 e. The Labute approximate surface area is 89.1 Å². The number of hydrogen-bond acceptors (Lipinski definition) is 2. The molecule has 5 heteroatoms. The van der Waals surface area contributed by atoms with E-state index in [1.165, 1.54) is 6.66 Å². The van der Waals surface area contributed by atoms with Gasteiger partial charge in [0.25, 0.3) is 0 Å². The van der Waals surface area contributed by atoms with Crippen molar-refractivity contribution in [1.82, 2.24) is 0 Å². The topological polar surface area (TPSA) is 46.5 Å². The van der Waals surface area contributed by atoms with Gasteiger partial charge in [0, 0.05) is 48.4 Å². The fourth-order valence-electron chi connectivity index (χ4n) is 0.391. The smallest absolute Gasteiger partial charge is 0.324 e. The first-order chi connectivity index (χ1) is 3.42. The average Bonchev–Trinajstić information content (AvgIpc) is 1.21. The predicted molar refractivity (Wildman–Crippen MR) is 32.0 cm³/mol. The van der Waals surface area contributed by atoms with Crippen LogP contribution in [0.25, 0.3) is 0 Å². The quantitative estimate of drug-likeness (QED) is 0.773. The first-order valence-electron chi connectivity index (χ1n) is 2.40. The number of rotatable bonds is 2. The largest absolute Gasteiger partial charge is 0.325 e. The summed E-state index contributed by atoms with van der Waals surface area (Å²) in [5, 5.41) is 0. The Morgan fingerprint density at radius 1 is 1.56 bits per heavy atom. The van der Waals surface area contributed by atoms with Crippen LogP contribution < -0.4 is 0 Å². The van der Waals surface area contributed by atoms with Gasteiger partial charge in [-0.2, -0.15) is 0 Å². The maximum absolute atomic E-state index is 10.4. The third-order valence-electron chi connectivity index (χ3n) is 0.406. The molecule has 1 N–H and O–H groups in total. The Hall–Kier alpha value is 1.53. The molecule has 0 heterocycles. The van der Waals surface area contributed by atoms with Crippen LogP contribution in [0.4, 0.5) is 0 Å². The van der Waals surface area contributed by atoms with E-state index in [1.807, 2.05) is 0 Å². The molecule has 0 fully saturated rings. The van der Waals surface area contributed by atoms with Crippen LogP contribution in [-0.4, -0.2) is 17.7 Å². The van der Waals surface area contributed by atoms with E-state index in [0.29, 0.717) is 0 Å². The zero-order valence-electron chi connectivity index (χ0n) is 5.79. The van der Waals surface area contributed by atoms with Crippen molar-refractivity contribution in [2.24, 2.45) is 0 Å². The molecule has 54 valence electrons. The van der Waals surface area contributed by atoms with Crippen molar-refractivity contribution in [3.63, 3.8) is 0 Å². The van der Waals surface area contributed by atoms with Crippen LogP contribution in [0.1, 0.15) is 13.8 Å². The Balaban J connectivity index is 0. The van der Waals surface area contributed by atoms with Crippen LogP contribution in [0.2, 0.25) is 0 Å². The van der Waals surface area contributed by atoms with Gasteiger partial charge in [0.05, 0.1) is 6.10 Å². The first kappa shape index (κ1) is 13.1. The molecule has 0 aromatic carbocycles. The second-order valence-electron chi connectivity index (χ2n) is 1.96. The number of hydrogen-bond donors (Lipinski definition) is 1. The van der Waals surface area contributed by atoms with Gasteiger partial charge in [0.15, 0.2) is 0 Å². The van der Waals surface area contributed by atoms with Crippen molar-refractivity contribution in [1.29, 1.82) is 0 Å². The molecule has 0 bridgehead atoms. The maximum Gasteiger partial charge on any atom is 0.325 e. The van der Waals surface area contributed by atoms with Gasteiger partial charge < -0.3 is 9.42 Å². The van der Waals surface area contributed by atoms with E-state index in [-0.39, 0.29) is 47.9 Å². The molecule has 0 spiro atoms. The monoisotopic (exact) mass is 278 g/mol. The van der Waals surface area contributed by atoms with Gasteiger partial charge in [0.1, 0.15) is 0 Å². The summed E-state index contributed by atoms with van der Waals surface area (Å²) < 4.78 is 14.9. The van der Waals surface area contributed by atoms with Gasteiger partial charge >= 0.3 is 7.60 Å². The summed E-state index contributed by atoms with van der Waals surface area (Å²) in [5.74, 6) is 0. The molecule has 0 saturated heterocycles. The molecule has 0 aliphatic heterocycles. The van der Waals surface area contributed by atoms with Gasteiger partial charge in [0.2, 0.25) is 0 Å². The molecular weight excluding hydrogens is 267 g/mol. The van der Waals surface area contributed by atoms with Crippen molar-refractivity contribution in [3.8, 4) is 0 Å². The van der Waals surface area contributed by atoms with Crippen molar-refractivity contribution >= 4 is 7.60 Å². The van der Waals surface area contributed by atoms with Crippen molar-refractivity contribution < 1.29 is 55.7 Å². The third kappa shape index (κ3) is 12.7. The van der Waals surface area contributed by atoms with Crippen LogP contribution in [-0.2, 0) is 9.09 Å². The average molecular weight is 278 g/mol. The summed E-state index contributed by atoms with van der Waals surface area (Å²) in [6.07, 6.45) is -0.171. The molecular formula is C4H11CeO3P. The second kappa shape index (κ2) is 5.21. The van der Waals surface area contributed by atoms with E-state index in [1.54, 1.807) is 13.8 Å². The molecule has 9 heavy (non-hydrogen) atoms. The van der Waals surface area contributed by atoms with E-state index in [9.17, 15) is 4.57 Å². The molecule has 0 saturated carbocycles. The van der Waals surface area contributed by atoms with Crippen molar-refractivity contribution in [2.45, 2.75) is 20.0 Å². The summed E-state index contributed by atoms with van der Waals surface area (Å²) in [5.41, 5.74) is 0. The van der Waals surface area contributed by atoms with E-state index in [0.717, 1.165) is 0 Å². The Kier molecular flexibility index (Phi) is 7.61. The Morgan fingerprint density at radius 2 is 1.89 bits per heavy atom. The van der Waals surface area contributed by atoms with Gasteiger partial charge in [-0.15, -0.1) is 0 Å². The van der Waals surface area contributed by atoms with Crippen LogP contribution in [0, 0.1) is 41.7 Å². The molecule has 0 rings (SSSR count). The zero-order chi connectivity index (χ0) is 6.78. The molecule has 0 aromatic rings. The standard InChI is InChI=1S/C4H11O3P.Ce/c1-4(2)7-8(3,5)6;/h4H,1-3H3,(H,5,6);. The predicted octanol–water partition coefficient (Wildman–Crippen LogP) is 1.23. The van der Waals surface area contributed by atoms with Crippen LogP contribution >= 0.6 is 7.60 Å². The fourth-order valence-corrected chi connectivity index (χ4v) is 1.17.